The van der Waals surface area contributed by atoms with Crippen LogP contribution in [0.15, 0.2) is 35.8 Å². The van der Waals surface area contributed by atoms with E-state index in [-0.39, 0.29) is 12.3 Å². The Morgan fingerprint density at radius 2 is 2.18 bits per heavy atom. The molecule has 2 aromatic heterocycles. The molecular formula is C12H13BrClN5O3. The van der Waals surface area contributed by atoms with E-state index in [1.165, 1.54) is 0 Å². The standard InChI is InChI=1S/C12H13BrClN5O3/c13-3-6-22-9-18-5-4-17(12(18)16-19(20)21)8-10-1-2-11(14)15-7-10/h1-2,4-5,7H,3,6,8-9H2/b16-12-. The van der Waals surface area contributed by atoms with Gasteiger partial charge in [0.2, 0.25) is 0 Å². The fourth-order valence-electron chi connectivity index (χ4n) is 1.79. The Bertz CT molecular complexity index is 698. The number of hydrogen-bond acceptors (Lipinski definition) is 4. The summed E-state index contributed by atoms with van der Waals surface area (Å²) < 4.78 is 8.57. The van der Waals surface area contributed by atoms with Crippen LogP contribution in [-0.2, 0) is 18.0 Å². The molecule has 2 heterocycles. The van der Waals surface area contributed by atoms with Gasteiger partial charge in [-0.05, 0) is 11.6 Å². The zero-order valence-electron chi connectivity index (χ0n) is 11.4. The molecule has 0 unspecified atom stereocenters. The molecule has 0 atom stereocenters. The van der Waals surface area contributed by atoms with E-state index in [1.807, 2.05) is 0 Å². The molecular weight excluding hydrogens is 378 g/mol. The van der Waals surface area contributed by atoms with Gasteiger partial charge >= 0.3 is 0 Å². The van der Waals surface area contributed by atoms with Crippen molar-refractivity contribution in [3.63, 3.8) is 0 Å². The van der Waals surface area contributed by atoms with E-state index in [2.05, 4.69) is 26.0 Å². The van der Waals surface area contributed by atoms with Gasteiger partial charge in [0.1, 0.15) is 17.0 Å². The van der Waals surface area contributed by atoms with Crippen LogP contribution in [0.25, 0.3) is 0 Å². The second-order valence-electron chi connectivity index (χ2n) is 4.25. The molecule has 118 valence electrons. The highest BCUT2D eigenvalue weighted by Crippen LogP contribution is 2.06. The molecule has 0 aliphatic carbocycles. The molecule has 0 spiro atoms. The van der Waals surface area contributed by atoms with Gasteiger partial charge < -0.3 is 9.30 Å². The third-order valence-corrected chi connectivity index (χ3v) is 3.25. The van der Waals surface area contributed by atoms with Crippen molar-refractivity contribution in [2.24, 2.45) is 5.10 Å². The summed E-state index contributed by atoms with van der Waals surface area (Å²) in [6, 6.07) is 3.47. The number of ether oxygens (including phenoxy) is 1. The predicted molar refractivity (Wildman–Crippen MR) is 83.1 cm³/mol. The number of halogens is 2. The number of imidazole rings is 1. The van der Waals surface area contributed by atoms with Crippen LogP contribution in [0.5, 0.6) is 0 Å². The Labute approximate surface area is 139 Å². The summed E-state index contributed by atoms with van der Waals surface area (Å²) in [5, 5.41) is 14.5. The molecule has 0 saturated heterocycles. The Kier molecular flexibility index (Phi) is 6.10. The molecule has 0 N–H and O–H groups in total. The maximum Gasteiger partial charge on any atom is 0.284 e. The molecule has 2 aromatic rings. The van der Waals surface area contributed by atoms with Crippen LogP contribution >= 0.6 is 27.5 Å². The lowest BCUT2D eigenvalue weighted by molar-refractivity contribution is -0.491. The van der Waals surface area contributed by atoms with E-state index in [0.717, 1.165) is 5.56 Å². The van der Waals surface area contributed by atoms with E-state index in [0.29, 0.717) is 23.6 Å². The minimum Gasteiger partial charge on any atom is -0.360 e. The Morgan fingerprint density at radius 3 is 2.82 bits per heavy atom. The first-order valence-electron chi connectivity index (χ1n) is 6.29. The van der Waals surface area contributed by atoms with Gasteiger partial charge in [-0.25, -0.2) is 15.1 Å². The van der Waals surface area contributed by atoms with Crippen molar-refractivity contribution < 1.29 is 9.77 Å². The smallest absolute Gasteiger partial charge is 0.284 e. The molecule has 0 radical (unpaired) electrons. The molecule has 0 aliphatic rings. The number of pyridine rings is 1. The summed E-state index contributed by atoms with van der Waals surface area (Å²) in [5.41, 5.74) is 1.04. The number of rotatable bonds is 7. The highest BCUT2D eigenvalue weighted by Gasteiger charge is 2.07. The molecule has 0 amide bonds. The molecule has 10 heteroatoms. The van der Waals surface area contributed by atoms with Gasteiger partial charge in [0.25, 0.3) is 5.62 Å². The fraction of sp³-hybridized carbons (Fsp3) is 0.333. The Balaban J connectivity index is 2.26. The number of nitro groups is 1. The van der Waals surface area contributed by atoms with Crippen molar-refractivity contribution in [2.45, 2.75) is 13.3 Å². The van der Waals surface area contributed by atoms with E-state index in [1.54, 1.807) is 39.9 Å². The molecule has 8 nitrogen and oxygen atoms in total. The van der Waals surface area contributed by atoms with Crippen LogP contribution in [0.1, 0.15) is 5.56 Å². The minimum absolute atomic E-state index is 0.185. The molecule has 0 aliphatic heterocycles. The average Bonchev–Trinajstić information content (AvgIpc) is 2.84. The topological polar surface area (TPSA) is 87.5 Å². The van der Waals surface area contributed by atoms with Crippen LogP contribution in [0.3, 0.4) is 0 Å². The minimum atomic E-state index is -0.729. The van der Waals surface area contributed by atoms with Gasteiger partial charge in [-0.2, -0.15) is 0 Å². The van der Waals surface area contributed by atoms with E-state index < -0.39 is 5.03 Å². The van der Waals surface area contributed by atoms with E-state index in [4.69, 9.17) is 16.3 Å². The Morgan fingerprint density at radius 1 is 1.41 bits per heavy atom. The van der Waals surface area contributed by atoms with Crippen LogP contribution in [-0.4, -0.2) is 31.1 Å². The van der Waals surface area contributed by atoms with Crippen LogP contribution in [0.2, 0.25) is 5.15 Å². The summed E-state index contributed by atoms with van der Waals surface area (Å²) in [4.78, 5) is 14.7. The fourth-order valence-corrected chi connectivity index (χ4v) is 2.13. The lowest BCUT2D eigenvalue weighted by Crippen LogP contribution is -2.28. The summed E-state index contributed by atoms with van der Waals surface area (Å²) >= 11 is 8.99. The van der Waals surface area contributed by atoms with Crippen molar-refractivity contribution in [3.05, 3.63) is 57.2 Å². The first kappa shape index (κ1) is 16.7. The van der Waals surface area contributed by atoms with Gasteiger partial charge in [-0.15, -0.1) is 0 Å². The third kappa shape index (κ3) is 4.65. The lowest BCUT2D eigenvalue weighted by Gasteiger charge is -2.04. The second-order valence-corrected chi connectivity index (χ2v) is 5.43. The van der Waals surface area contributed by atoms with Crippen molar-refractivity contribution in [3.8, 4) is 0 Å². The van der Waals surface area contributed by atoms with Gasteiger partial charge in [0.15, 0.2) is 5.03 Å². The number of nitrogens with zero attached hydrogens (tertiary/aromatic N) is 5. The summed E-state index contributed by atoms with van der Waals surface area (Å²) in [6.07, 6.45) is 5.00. The SMILES string of the molecule is O=[N+]([O-])/N=c1\n(COCCBr)ccn1Cc1ccc(Cl)nc1. The number of aromatic nitrogens is 3. The first-order valence-corrected chi connectivity index (χ1v) is 7.79. The van der Waals surface area contributed by atoms with E-state index in [9.17, 15) is 10.1 Å². The van der Waals surface area contributed by atoms with Crippen LogP contribution < -0.4 is 5.62 Å². The second kappa shape index (κ2) is 8.06. The van der Waals surface area contributed by atoms with E-state index >= 15 is 0 Å². The normalized spacial score (nSPS) is 11.8. The van der Waals surface area contributed by atoms with Gasteiger partial charge in [-0.1, -0.05) is 33.6 Å². The predicted octanol–water partition coefficient (Wildman–Crippen LogP) is 1.85. The zero-order valence-corrected chi connectivity index (χ0v) is 13.8. The summed E-state index contributed by atoms with van der Waals surface area (Å²) in [7, 11) is 0. The van der Waals surface area contributed by atoms with Crippen molar-refractivity contribution in [2.75, 3.05) is 11.9 Å². The summed E-state index contributed by atoms with van der Waals surface area (Å²) in [6.45, 7) is 1.07. The molecule has 0 bridgehead atoms. The lowest BCUT2D eigenvalue weighted by atomic mass is 10.3. The molecule has 0 saturated carbocycles. The number of alkyl halides is 1. The van der Waals surface area contributed by atoms with Crippen molar-refractivity contribution >= 4 is 27.5 Å². The Hall–Kier alpha value is -1.71. The third-order valence-electron chi connectivity index (χ3n) is 2.70. The zero-order chi connectivity index (χ0) is 15.9. The number of hydrogen-bond donors (Lipinski definition) is 0. The van der Waals surface area contributed by atoms with Gasteiger partial charge in [0.05, 0.1) is 13.2 Å². The first-order chi connectivity index (χ1) is 10.6. The molecule has 0 aromatic carbocycles. The monoisotopic (exact) mass is 389 g/mol. The van der Waals surface area contributed by atoms with Crippen molar-refractivity contribution in [1.29, 1.82) is 0 Å². The largest absolute Gasteiger partial charge is 0.360 e. The highest BCUT2D eigenvalue weighted by atomic mass is 79.9. The molecule has 2 rings (SSSR count). The maximum absolute atomic E-state index is 10.7. The van der Waals surface area contributed by atoms with Crippen LogP contribution in [0.4, 0.5) is 0 Å². The summed E-state index contributed by atoms with van der Waals surface area (Å²) in [5.74, 6) is 0. The van der Waals surface area contributed by atoms with Crippen LogP contribution in [0, 0.1) is 10.1 Å². The maximum atomic E-state index is 10.7. The van der Waals surface area contributed by atoms with Gasteiger partial charge in [0, 0.05) is 23.9 Å². The quantitative estimate of drug-likeness (QED) is 0.237. The average molecular weight is 391 g/mol. The van der Waals surface area contributed by atoms with Crippen molar-refractivity contribution in [1.82, 2.24) is 14.1 Å². The highest BCUT2D eigenvalue weighted by molar-refractivity contribution is 9.09. The molecule has 0 fully saturated rings. The van der Waals surface area contributed by atoms with Gasteiger partial charge in [-0.3, -0.25) is 4.57 Å². The molecule has 22 heavy (non-hydrogen) atoms.